The van der Waals surface area contributed by atoms with Crippen LogP contribution in [0.1, 0.15) is 36.4 Å². The van der Waals surface area contributed by atoms with E-state index in [0.29, 0.717) is 13.1 Å². The van der Waals surface area contributed by atoms with Crippen molar-refractivity contribution in [2.45, 2.75) is 43.4 Å². The molecule has 8 heteroatoms. The van der Waals surface area contributed by atoms with Gasteiger partial charge in [0, 0.05) is 37.9 Å². The lowest BCUT2D eigenvalue weighted by Crippen LogP contribution is -2.45. The molecule has 3 atom stereocenters. The zero-order valence-electron chi connectivity index (χ0n) is 19.7. The first-order valence-electron chi connectivity index (χ1n) is 12.0. The van der Waals surface area contributed by atoms with Crippen molar-refractivity contribution in [3.05, 3.63) is 83.6 Å². The highest BCUT2D eigenvalue weighted by atomic mass is 19.1. The molecule has 2 fully saturated rings. The predicted molar refractivity (Wildman–Crippen MR) is 130 cm³/mol. The summed E-state index contributed by atoms with van der Waals surface area (Å²) in [6, 6.07) is 13.4. The van der Waals surface area contributed by atoms with E-state index in [9.17, 15) is 18.8 Å². The van der Waals surface area contributed by atoms with Gasteiger partial charge in [-0.05, 0) is 54.7 Å². The molecular formula is C27H31F2N5O. The Hall–Kier alpha value is -3.28. The van der Waals surface area contributed by atoms with Crippen LogP contribution in [0.25, 0.3) is 0 Å². The van der Waals surface area contributed by atoms with Crippen LogP contribution >= 0.6 is 0 Å². The number of hydrogen-bond donors (Lipinski definition) is 1. The Bertz CT molecular complexity index is 1020. The van der Waals surface area contributed by atoms with Crippen molar-refractivity contribution in [1.29, 1.82) is 5.26 Å². The van der Waals surface area contributed by atoms with Crippen LogP contribution in [0.5, 0.6) is 0 Å². The Morgan fingerprint density at radius 2 is 1.71 bits per heavy atom. The van der Waals surface area contributed by atoms with Gasteiger partial charge in [-0.2, -0.15) is 5.26 Å². The molecule has 2 aromatic carbocycles. The summed E-state index contributed by atoms with van der Waals surface area (Å²) >= 11 is 0. The fraction of sp³-hybridized carbons (Fsp3) is 0.407. The first-order valence-corrected chi connectivity index (χ1v) is 12.0. The van der Waals surface area contributed by atoms with Crippen LogP contribution in [0.15, 0.2) is 60.8 Å². The Kier molecular flexibility index (Phi) is 7.79. The van der Waals surface area contributed by atoms with E-state index in [4.69, 9.17) is 5.73 Å². The van der Waals surface area contributed by atoms with Gasteiger partial charge in [-0.15, -0.1) is 0 Å². The van der Waals surface area contributed by atoms with Crippen molar-refractivity contribution in [2.75, 3.05) is 26.2 Å². The molecule has 0 aliphatic carbocycles. The Morgan fingerprint density at radius 3 is 2.26 bits per heavy atom. The molecule has 2 aliphatic heterocycles. The summed E-state index contributed by atoms with van der Waals surface area (Å²) < 4.78 is 27.2. The normalized spacial score (nSPS) is 21.2. The standard InChI is InChI=1S/C27H31F2N5O/c1-19(33-13-2-3-24(33)15-30)26(31)17-32-14-12-25(16-32)34(18-35)27(20-4-8-22(28)9-5-20)21-6-10-23(29)11-7-21/h4-11,18,24-27H,1-3,12-14,16-17,31H2/t24?,25-,26?/m0/s1. The molecule has 2 N–H and O–H groups in total. The van der Waals surface area contributed by atoms with Crippen molar-refractivity contribution < 1.29 is 13.6 Å². The number of rotatable bonds is 9. The Balaban J connectivity index is 1.48. The number of amides is 1. The van der Waals surface area contributed by atoms with Crippen molar-refractivity contribution in [3.63, 3.8) is 0 Å². The third-order valence-corrected chi connectivity index (χ3v) is 7.11. The number of benzene rings is 2. The zero-order chi connectivity index (χ0) is 24.9. The van der Waals surface area contributed by atoms with E-state index in [1.165, 1.54) is 24.3 Å². The van der Waals surface area contributed by atoms with Crippen LogP contribution in [0, 0.1) is 23.0 Å². The molecule has 0 saturated carbocycles. The van der Waals surface area contributed by atoms with Gasteiger partial charge in [-0.3, -0.25) is 9.69 Å². The second kappa shape index (κ2) is 11.0. The zero-order valence-corrected chi connectivity index (χ0v) is 19.7. The first-order chi connectivity index (χ1) is 16.9. The monoisotopic (exact) mass is 479 g/mol. The number of carbonyl (C=O) groups excluding carboxylic acids is 1. The maximum Gasteiger partial charge on any atom is 0.210 e. The molecule has 0 aromatic heterocycles. The van der Waals surface area contributed by atoms with E-state index in [2.05, 4.69) is 17.5 Å². The van der Waals surface area contributed by atoms with Gasteiger partial charge in [-0.25, -0.2) is 8.78 Å². The Labute approximate surface area is 205 Å². The molecule has 2 heterocycles. The summed E-state index contributed by atoms with van der Waals surface area (Å²) in [5, 5.41) is 9.38. The maximum absolute atomic E-state index is 13.6. The molecule has 0 bridgehead atoms. The van der Waals surface area contributed by atoms with Crippen LogP contribution in [-0.4, -0.2) is 65.4 Å². The molecular weight excluding hydrogens is 448 g/mol. The lowest BCUT2D eigenvalue weighted by Gasteiger charge is -2.35. The van der Waals surface area contributed by atoms with Crippen LogP contribution in [-0.2, 0) is 4.79 Å². The summed E-state index contributed by atoms with van der Waals surface area (Å²) in [7, 11) is 0. The van der Waals surface area contributed by atoms with Gasteiger partial charge in [0.1, 0.15) is 17.7 Å². The minimum absolute atomic E-state index is 0.0910. The summed E-state index contributed by atoms with van der Waals surface area (Å²) in [4.78, 5) is 18.3. The quantitative estimate of drug-likeness (QED) is 0.558. The summed E-state index contributed by atoms with van der Waals surface area (Å²) in [5.41, 5.74) is 8.76. The minimum atomic E-state index is -0.469. The molecule has 2 saturated heterocycles. The van der Waals surface area contributed by atoms with Gasteiger partial charge in [0.25, 0.3) is 0 Å². The summed E-state index contributed by atoms with van der Waals surface area (Å²) in [6.45, 7) is 6.92. The van der Waals surface area contributed by atoms with Crippen molar-refractivity contribution in [2.24, 2.45) is 5.73 Å². The molecule has 4 rings (SSSR count). The highest BCUT2D eigenvalue weighted by Crippen LogP contribution is 2.32. The molecule has 35 heavy (non-hydrogen) atoms. The van der Waals surface area contributed by atoms with Crippen LogP contribution in [0.2, 0.25) is 0 Å². The van der Waals surface area contributed by atoms with E-state index in [1.807, 2.05) is 4.90 Å². The fourth-order valence-electron chi connectivity index (χ4n) is 5.25. The van der Waals surface area contributed by atoms with E-state index in [1.54, 1.807) is 29.2 Å². The summed E-state index contributed by atoms with van der Waals surface area (Å²) in [6.07, 6.45) is 3.36. The van der Waals surface area contributed by atoms with Crippen molar-refractivity contribution in [3.8, 4) is 6.07 Å². The van der Waals surface area contributed by atoms with Crippen LogP contribution < -0.4 is 5.73 Å². The van der Waals surface area contributed by atoms with Gasteiger partial charge < -0.3 is 15.5 Å². The second-order valence-corrected chi connectivity index (χ2v) is 9.34. The first kappa shape index (κ1) is 24.8. The molecule has 0 spiro atoms. The highest BCUT2D eigenvalue weighted by molar-refractivity contribution is 5.52. The van der Waals surface area contributed by atoms with Crippen LogP contribution in [0.3, 0.4) is 0 Å². The lowest BCUT2D eigenvalue weighted by atomic mass is 9.95. The maximum atomic E-state index is 13.6. The van der Waals surface area contributed by atoms with Crippen molar-refractivity contribution >= 4 is 6.41 Å². The SMILES string of the molecule is C=C(C(N)CN1CC[C@H](N(C=O)C(c2ccc(F)cc2)c2ccc(F)cc2)C1)N1CCCC1C#N. The topological polar surface area (TPSA) is 76.6 Å². The molecule has 2 unspecified atom stereocenters. The fourth-order valence-corrected chi connectivity index (χ4v) is 5.25. The third-order valence-electron chi connectivity index (χ3n) is 7.11. The number of nitriles is 1. The van der Waals surface area contributed by atoms with Gasteiger partial charge in [0.05, 0.1) is 18.2 Å². The third kappa shape index (κ3) is 5.53. The molecule has 184 valence electrons. The van der Waals surface area contributed by atoms with E-state index >= 15 is 0 Å². The van der Waals surface area contributed by atoms with E-state index < -0.39 is 6.04 Å². The number of nitrogens with two attached hydrogens (primary N) is 1. The van der Waals surface area contributed by atoms with Gasteiger partial charge in [-0.1, -0.05) is 30.8 Å². The van der Waals surface area contributed by atoms with Crippen molar-refractivity contribution in [1.82, 2.24) is 14.7 Å². The average molecular weight is 480 g/mol. The Morgan fingerprint density at radius 1 is 1.11 bits per heavy atom. The second-order valence-electron chi connectivity index (χ2n) is 9.34. The highest BCUT2D eigenvalue weighted by Gasteiger charge is 2.35. The van der Waals surface area contributed by atoms with Gasteiger partial charge in [0.2, 0.25) is 6.41 Å². The van der Waals surface area contributed by atoms with Gasteiger partial charge >= 0.3 is 0 Å². The number of halogens is 2. The number of nitrogens with zero attached hydrogens (tertiary/aromatic N) is 4. The molecule has 0 radical (unpaired) electrons. The van der Waals surface area contributed by atoms with Gasteiger partial charge in [0.15, 0.2) is 0 Å². The van der Waals surface area contributed by atoms with Crippen LogP contribution in [0.4, 0.5) is 8.78 Å². The summed E-state index contributed by atoms with van der Waals surface area (Å²) in [5.74, 6) is -0.718. The molecule has 6 nitrogen and oxygen atoms in total. The number of hydrogen-bond acceptors (Lipinski definition) is 5. The smallest absolute Gasteiger partial charge is 0.210 e. The van der Waals surface area contributed by atoms with E-state index in [0.717, 1.165) is 55.6 Å². The predicted octanol–water partition coefficient (Wildman–Crippen LogP) is 3.42. The molecule has 2 aliphatic rings. The largest absolute Gasteiger partial charge is 0.358 e. The molecule has 1 amide bonds. The number of likely N-dealkylation sites (tertiary alicyclic amines) is 2. The minimum Gasteiger partial charge on any atom is -0.358 e. The van der Waals surface area contributed by atoms with E-state index in [-0.39, 0.29) is 29.8 Å². The molecule has 2 aromatic rings. The average Bonchev–Trinajstić information content (AvgIpc) is 3.53. The lowest BCUT2D eigenvalue weighted by molar-refractivity contribution is -0.121. The number of carbonyl (C=O) groups is 1.